The van der Waals surface area contributed by atoms with E-state index >= 15 is 0 Å². The van der Waals surface area contributed by atoms with E-state index in [1.165, 1.54) is 5.56 Å². The molecule has 1 heterocycles. The highest BCUT2D eigenvalue weighted by atomic mass is 16.5. The molecule has 0 aliphatic carbocycles. The number of anilines is 1. The second-order valence-corrected chi connectivity index (χ2v) is 4.45. The monoisotopic (exact) mass is 265 g/mol. The lowest BCUT2D eigenvalue weighted by Crippen LogP contribution is -2.20. The quantitative estimate of drug-likeness (QED) is 0.850. The van der Waals surface area contributed by atoms with Crippen molar-refractivity contribution in [1.82, 2.24) is 4.90 Å². The molecule has 2 radical (unpaired) electrons. The molecular formula is C16H15N3O. The summed E-state index contributed by atoms with van der Waals surface area (Å²) in [5.74, 6) is 0.832. The highest BCUT2D eigenvalue weighted by Gasteiger charge is 2.17. The Hall–Kier alpha value is -2.49. The topological polar surface area (TPSA) is 28.1 Å². The summed E-state index contributed by atoms with van der Waals surface area (Å²) in [7, 11) is 1.66. The first-order valence-corrected chi connectivity index (χ1v) is 6.40. The number of hydrogen-bond acceptors (Lipinski definition) is 4. The Bertz CT molecular complexity index is 580. The summed E-state index contributed by atoms with van der Waals surface area (Å²) in [5.41, 5.74) is 2.18. The lowest BCUT2D eigenvalue weighted by atomic mass is 10.2. The Labute approximate surface area is 118 Å². The fourth-order valence-corrected chi connectivity index (χ4v) is 1.99. The van der Waals surface area contributed by atoms with E-state index in [1.807, 2.05) is 47.4 Å². The molecule has 0 fully saturated rings. The molecule has 0 saturated heterocycles. The first-order valence-electron chi connectivity index (χ1n) is 6.40. The molecule has 0 N–H and O–H groups in total. The van der Waals surface area contributed by atoms with Crippen LogP contribution in [0.25, 0.3) is 0 Å². The van der Waals surface area contributed by atoms with E-state index in [0.29, 0.717) is 0 Å². The van der Waals surface area contributed by atoms with Gasteiger partial charge in [-0.15, -0.1) is 0 Å². The van der Waals surface area contributed by atoms with Crippen LogP contribution >= 0.6 is 0 Å². The molecule has 0 saturated carbocycles. The van der Waals surface area contributed by atoms with Crippen LogP contribution in [0.1, 0.15) is 5.56 Å². The molecular weight excluding hydrogens is 250 g/mol. The van der Waals surface area contributed by atoms with Gasteiger partial charge in [0.1, 0.15) is 12.1 Å². The first kappa shape index (κ1) is 12.5. The van der Waals surface area contributed by atoms with E-state index in [0.717, 1.165) is 18.0 Å². The minimum atomic E-state index is 0.761. The Morgan fingerprint density at radius 2 is 1.80 bits per heavy atom. The van der Waals surface area contributed by atoms with Gasteiger partial charge in [-0.25, -0.2) is 5.01 Å². The van der Waals surface area contributed by atoms with Crippen LogP contribution in [0, 0.1) is 6.67 Å². The molecule has 3 rings (SSSR count). The minimum absolute atomic E-state index is 0.761. The summed E-state index contributed by atoms with van der Waals surface area (Å²) in [6.07, 6.45) is 1.78. The molecule has 1 aliphatic rings. The summed E-state index contributed by atoms with van der Waals surface area (Å²) < 4.78 is 5.14. The molecule has 2 aromatic rings. The van der Waals surface area contributed by atoms with Crippen molar-refractivity contribution in [2.24, 2.45) is 5.10 Å². The minimum Gasteiger partial charge on any atom is -0.497 e. The van der Waals surface area contributed by atoms with Gasteiger partial charge in [-0.05, 0) is 29.8 Å². The van der Waals surface area contributed by atoms with Gasteiger partial charge < -0.3 is 9.64 Å². The van der Waals surface area contributed by atoms with Gasteiger partial charge in [0.15, 0.2) is 0 Å². The number of nitrogens with zero attached hydrogens (tertiary/aromatic N) is 3. The van der Waals surface area contributed by atoms with Crippen molar-refractivity contribution in [3.8, 4) is 5.75 Å². The molecule has 0 bridgehead atoms. The van der Waals surface area contributed by atoms with E-state index < -0.39 is 0 Å². The maximum Gasteiger partial charge on any atom is 0.232 e. The third kappa shape index (κ3) is 2.74. The second-order valence-electron chi connectivity index (χ2n) is 4.45. The SMILES string of the molecule is COc1ccc(N2[C]N(Cc3ccccc3)C=N2)cc1. The molecule has 0 aromatic heterocycles. The van der Waals surface area contributed by atoms with Gasteiger partial charge in [-0.1, -0.05) is 30.3 Å². The van der Waals surface area contributed by atoms with Crippen molar-refractivity contribution >= 4 is 12.0 Å². The lowest BCUT2D eigenvalue weighted by molar-refractivity contribution is 0.415. The van der Waals surface area contributed by atoms with Gasteiger partial charge >= 0.3 is 0 Å². The summed E-state index contributed by atoms with van der Waals surface area (Å²) in [6.45, 7) is 3.96. The normalized spacial score (nSPS) is 13.8. The van der Waals surface area contributed by atoms with Gasteiger partial charge in [0.05, 0.1) is 12.8 Å². The highest BCUT2D eigenvalue weighted by molar-refractivity contribution is 5.65. The van der Waals surface area contributed by atoms with E-state index in [9.17, 15) is 0 Å². The van der Waals surface area contributed by atoms with Crippen molar-refractivity contribution in [3.63, 3.8) is 0 Å². The lowest BCUT2D eigenvalue weighted by Gasteiger charge is -2.16. The van der Waals surface area contributed by atoms with Crippen LogP contribution < -0.4 is 9.75 Å². The predicted molar refractivity (Wildman–Crippen MR) is 79.2 cm³/mol. The molecule has 0 atom stereocenters. The van der Waals surface area contributed by atoms with Crippen LogP contribution in [-0.2, 0) is 6.54 Å². The number of hydrazone groups is 1. The van der Waals surface area contributed by atoms with Gasteiger partial charge in [-0.3, -0.25) is 0 Å². The van der Waals surface area contributed by atoms with Gasteiger partial charge in [0.2, 0.25) is 6.67 Å². The standard InChI is InChI=1S/C16H15N3O/c1-20-16-9-7-15(8-10-16)19-13-18(12-17-19)11-14-5-3-2-4-6-14/h2-10,12H,11H2,1H3. The number of rotatable bonds is 4. The molecule has 0 spiro atoms. The zero-order chi connectivity index (χ0) is 13.8. The van der Waals surface area contributed by atoms with E-state index in [1.54, 1.807) is 18.5 Å². The largest absolute Gasteiger partial charge is 0.497 e. The smallest absolute Gasteiger partial charge is 0.232 e. The predicted octanol–water partition coefficient (Wildman–Crippen LogP) is 2.96. The summed E-state index contributed by atoms with van der Waals surface area (Å²) in [6, 6.07) is 18.0. The fraction of sp³-hybridized carbons (Fsp3) is 0.125. The van der Waals surface area contributed by atoms with Crippen molar-refractivity contribution in [2.75, 3.05) is 12.1 Å². The van der Waals surface area contributed by atoms with Gasteiger partial charge in [0, 0.05) is 6.54 Å². The summed E-state index contributed by atoms with van der Waals surface area (Å²) >= 11 is 0. The Kier molecular flexibility index (Phi) is 3.54. The van der Waals surface area contributed by atoms with Crippen LogP contribution in [0.5, 0.6) is 5.75 Å². The summed E-state index contributed by atoms with van der Waals surface area (Å²) in [5, 5.41) is 6.05. The van der Waals surface area contributed by atoms with Gasteiger partial charge in [-0.2, -0.15) is 5.10 Å². The molecule has 100 valence electrons. The fourth-order valence-electron chi connectivity index (χ4n) is 1.99. The Morgan fingerprint density at radius 1 is 1.05 bits per heavy atom. The number of methoxy groups -OCH3 is 1. The Morgan fingerprint density at radius 3 is 2.50 bits per heavy atom. The third-order valence-corrected chi connectivity index (χ3v) is 3.04. The number of hydrogen-bond donors (Lipinski definition) is 0. The zero-order valence-electron chi connectivity index (χ0n) is 11.2. The molecule has 1 aliphatic heterocycles. The average molecular weight is 265 g/mol. The zero-order valence-corrected chi connectivity index (χ0v) is 11.2. The van der Waals surface area contributed by atoms with Crippen LogP contribution in [0.3, 0.4) is 0 Å². The second kappa shape index (κ2) is 5.65. The van der Waals surface area contributed by atoms with Crippen molar-refractivity contribution in [1.29, 1.82) is 0 Å². The van der Waals surface area contributed by atoms with Crippen LogP contribution in [-0.4, -0.2) is 18.3 Å². The van der Waals surface area contributed by atoms with Crippen molar-refractivity contribution in [3.05, 3.63) is 66.8 Å². The van der Waals surface area contributed by atoms with Crippen LogP contribution in [0.4, 0.5) is 5.69 Å². The molecule has 0 unspecified atom stereocenters. The summed E-state index contributed by atoms with van der Waals surface area (Å²) in [4.78, 5) is 1.93. The molecule has 2 aromatic carbocycles. The van der Waals surface area contributed by atoms with Crippen LogP contribution in [0.2, 0.25) is 0 Å². The molecule has 0 amide bonds. The average Bonchev–Trinajstić information content (AvgIpc) is 2.97. The number of benzene rings is 2. The van der Waals surface area contributed by atoms with Crippen molar-refractivity contribution in [2.45, 2.75) is 6.54 Å². The van der Waals surface area contributed by atoms with Crippen LogP contribution in [0.15, 0.2) is 59.7 Å². The van der Waals surface area contributed by atoms with E-state index in [4.69, 9.17) is 4.74 Å². The molecule has 20 heavy (non-hydrogen) atoms. The maximum atomic E-state index is 5.14. The van der Waals surface area contributed by atoms with E-state index in [2.05, 4.69) is 23.9 Å². The molecule has 4 nitrogen and oxygen atoms in total. The molecule has 4 heteroatoms. The van der Waals surface area contributed by atoms with E-state index in [-0.39, 0.29) is 0 Å². The maximum absolute atomic E-state index is 5.14. The Balaban J connectivity index is 1.63. The van der Waals surface area contributed by atoms with Gasteiger partial charge in [0.25, 0.3) is 0 Å². The first-order chi connectivity index (χ1) is 9.85. The highest BCUT2D eigenvalue weighted by Crippen LogP contribution is 2.23. The third-order valence-electron chi connectivity index (χ3n) is 3.04. The number of ether oxygens (including phenoxy) is 1. The van der Waals surface area contributed by atoms with Crippen molar-refractivity contribution < 1.29 is 4.74 Å².